The molecule has 1 N–H and O–H groups in total. The van der Waals surface area contributed by atoms with Crippen LogP contribution in [-0.2, 0) is 18.4 Å². The third-order valence-corrected chi connectivity index (χ3v) is 2.44. The third-order valence-electron chi connectivity index (χ3n) is 2.44. The van der Waals surface area contributed by atoms with Crippen molar-refractivity contribution in [2.45, 2.75) is 6.61 Å². The SMILES string of the molecule is COCc1cccc(/C(=N/O)c2nnnn2C)c1. The van der Waals surface area contributed by atoms with Crippen LogP contribution < -0.4 is 0 Å². The van der Waals surface area contributed by atoms with Gasteiger partial charge in [0.1, 0.15) is 0 Å². The quantitative estimate of drug-likeness (QED) is 0.485. The Labute approximate surface area is 104 Å². The molecule has 2 aromatic rings. The van der Waals surface area contributed by atoms with Crippen LogP contribution in [0.25, 0.3) is 0 Å². The summed E-state index contributed by atoms with van der Waals surface area (Å²) < 4.78 is 6.51. The van der Waals surface area contributed by atoms with Gasteiger partial charge in [0.2, 0.25) is 5.82 Å². The first-order valence-corrected chi connectivity index (χ1v) is 5.29. The number of aryl methyl sites for hydroxylation is 1. The molecule has 7 heteroatoms. The molecule has 7 nitrogen and oxygen atoms in total. The van der Waals surface area contributed by atoms with Crippen LogP contribution in [0.2, 0.25) is 0 Å². The van der Waals surface area contributed by atoms with E-state index in [4.69, 9.17) is 9.94 Å². The third kappa shape index (κ3) is 2.35. The highest BCUT2D eigenvalue weighted by Crippen LogP contribution is 2.11. The summed E-state index contributed by atoms with van der Waals surface area (Å²) in [4.78, 5) is 0. The van der Waals surface area contributed by atoms with Crippen molar-refractivity contribution < 1.29 is 9.94 Å². The molecular weight excluding hydrogens is 234 g/mol. The van der Waals surface area contributed by atoms with Crippen LogP contribution in [0.5, 0.6) is 0 Å². The Morgan fingerprint density at radius 1 is 1.50 bits per heavy atom. The Hall–Kier alpha value is -2.28. The van der Waals surface area contributed by atoms with E-state index in [1.54, 1.807) is 14.2 Å². The number of tetrazole rings is 1. The minimum atomic E-state index is 0.320. The highest BCUT2D eigenvalue weighted by Gasteiger charge is 2.14. The zero-order chi connectivity index (χ0) is 13.0. The largest absolute Gasteiger partial charge is 0.410 e. The van der Waals surface area contributed by atoms with E-state index < -0.39 is 0 Å². The number of oxime groups is 1. The Balaban J connectivity index is 2.40. The van der Waals surface area contributed by atoms with Crippen molar-refractivity contribution in [1.29, 1.82) is 0 Å². The summed E-state index contributed by atoms with van der Waals surface area (Å²) in [6.45, 7) is 0.490. The zero-order valence-corrected chi connectivity index (χ0v) is 10.1. The molecule has 0 saturated heterocycles. The molecule has 0 saturated carbocycles. The van der Waals surface area contributed by atoms with Crippen molar-refractivity contribution in [2.75, 3.05) is 7.11 Å². The molecule has 0 fully saturated rings. The standard InChI is InChI=1S/C11H13N5O2/c1-16-11(12-14-15-16)10(13-17)9-5-3-4-8(6-9)7-18-2/h3-6,17H,7H2,1-2H3/b13-10-. The monoisotopic (exact) mass is 247 g/mol. The Kier molecular flexibility index (Phi) is 3.63. The van der Waals surface area contributed by atoms with Gasteiger partial charge >= 0.3 is 0 Å². The molecule has 1 aromatic heterocycles. The maximum Gasteiger partial charge on any atom is 0.204 e. The van der Waals surface area contributed by atoms with Gasteiger partial charge in [0.15, 0.2) is 5.71 Å². The molecule has 94 valence electrons. The number of hydrogen-bond acceptors (Lipinski definition) is 6. The predicted molar refractivity (Wildman–Crippen MR) is 63.4 cm³/mol. The van der Waals surface area contributed by atoms with Gasteiger partial charge in [-0.05, 0) is 22.1 Å². The van der Waals surface area contributed by atoms with Gasteiger partial charge in [-0.2, -0.15) is 0 Å². The Morgan fingerprint density at radius 2 is 2.33 bits per heavy atom. The molecule has 0 spiro atoms. The van der Waals surface area contributed by atoms with E-state index >= 15 is 0 Å². The van der Waals surface area contributed by atoms with Crippen LogP contribution in [0.15, 0.2) is 29.4 Å². The smallest absolute Gasteiger partial charge is 0.204 e. The molecule has 0 unspecified atom stereocenters. The summed E-state index contributed by atoms with van der Waals surface area (Å²) in [5, 5.41) is 23.5. The molecule has 0 atom stereocenters. The van der Waals surface area contributed by atoms with Gasteiger partial charge in [0, 0.05) is 19.7 Å². The second-order valence-electron chi connectivity index (χ2n) is 3.71. The van der Waals surface area contributed by atoms with Gasteiger partial charge in [-0.25, -0.2) is 4.68 Å². The normalized spacial score (nSPS) is 11.8. The molecule has 2 rings (SSSR count). The lowest BCUT2D eigenvalue weighted by molar-refractivity contribution is 0.185. The van der Waals surface area contributed by atoms with Gasteiger partial charge in [-0.15, -0.1) is 5.10 Å². The van der Waals surface area contributed by atoms with Crippen molar-refractivity contribution in [3.63, 3.8) is 0 Å². The lowest BCUT2D eigenvalue weighted by Gasteiger charge is -2.05. The number of ether oxygens (including phenoxy) is 1. The minimum absolute atomic E-state index is 0.320. The van der Waals surface area contributed by atoms with Crippen molar-refractivity contribution in [3.05, 3.63) is 41.2 Å². The summed E-state index contributed by atoms with van der Waals surface area (Å²) >= 11 is 0. The molecule has 0 aliphatic heterocycles. The average molecular weight is 247 g/mol. The summed E-state index contributed by atoms with van der Waals surface area (Å²) in [6, 6.07) is 7.48. The highest BCUT2D eigenvalue weighted by molar-refractivity contribution is 6.10. The van der Waals surface area contributed by atoms with E-state index in [9.17, 15) is 0 Å². The zero-order valence-electron chi connectivity index (χ0n) is 10.1. The van der Waals surface area contributed by atoms with E-state index in [1.807, 2.05) is 24.3 Å². The van der Waals surface area contributed by atoms with Crippen molar-refractivity contribution in [1.82, 2.24) is 20.2 Å². The molecule has 0 aliphatic rings. The fourth-order valence-electron chi connectivity index (χ4n) is 1.64. The lowest BCUT2D eigenvalue weighted by Crippen LogP contribution is -2.11. The maximum atomic E-state index is 9.14. The van der Waals surface area contributed by atoms with Crippen LogP contribution in [0.3, 0.4) is 0 Å². The van der Waals surface area contributed by atoms with E-state index in [-0.39, 0.29) is 0 Å². The number of hydrogen-bond donors (Lipinski definition) is 1. The number of rotatable bonds is 4. The molecular formula is C11H13N5O2. The molecule has 1 heterocycles. The van der Waals surface area contributed by atoms with E-state index in [1.165, 1.54) is 4.68 Å². The van der Waals surface area contributed by atoms with E-state index in [2.05, 4.69) is 20.7 Å². The fourth-order valence-corrected chi connectivity index (χ4v) is 1.64. The predicted octanol–water partition coefficient (Wildman–Crippen LogP) is 0.583. The first-order chi connectivity index (χ1) is 8.76. The average Bonchev–Trinajstić information content (AvgIpc) is 2.78. The van der Waals surface area contributed by atoms with Gasteiger partial charge < -0.3 is 9.94 Å². The molecule has 0 aliphatic carbocycles. The van der Waals surface area contributed by atoms with Crippen LogP contribution in [-0.4, -0.2) is 38.2 Å². The summed E-state index contributed by atoms with van der Waals surface area (Å²) in [5.74, 6) is 0.395. The second-order valence-corrected chi connectivity index (χ2v) is 3.71. The molecule has 0 amide bonds. The van der Waals surface area contributed by atoms with Crippen LogP contribution >= 0.6 is 0 Å². The number of benzene rings is 1. The van der Waals surface area contributed by atoms with Crippen LogP contribution in [0.1, 0.15) is 17.0 Å². The Bertz CT molecular complexity index is 564. The Morgan fingerprint density at radius 3 is 2.94 bits per heavy atom. The summed E-state index contributed by atoms with van der Waals surface area (Å²) in [5.41, 5.74) is 2.02. The minimum Gasteiger partial charge on any atom is -0.410 e. The number of nitrogens with zero attached hydrogens (tertiary/aromatic N) is 5. The summed E-state index contributed by atoms with van der Waals surface area (Å²) in [6.07, 6.45) is 0. The van der Waals surface area contributed by atoms with E-state index in [0.29, 0.717) is 18.1 Å². The number of aromatic nitrogens is 4. The van der Waals surface area contributed by atoms with Crippen molar-refractivity contribution in [3.8, 4) is 0 Å². The second kappa shape index (κ2) is 5.37. The van der Waals surface area contributed by atoms with Gasteiger partial charge in [-0.1, -0.05) is 23.4 Å². The van der Waals surface area contributed by atoms with Crippen LogP contribution in [0.4, 0.5) is 0 Å². The topological polar surface area (TPSA) is 85.4 Å². The first-order valence-electron chi connectivity index (χ1n) is 5.29. The molecule has 18 heavy (non-hydrogen) atoms. The van der Waals surface area contributed by atoms with Crippen molar-refractivity contribution >= 4 is 5.71 Å². The van der Waals surface area contributed by atoms with Gasteiger partial charge in [0.05, 0.1) is 6.61 Å². The molecule has 0 bridgehead atoms. The van der Waals surface area contributed by atoms with Gasteiger partial charge in [-0.3, -0.25) is 0 Å². The fraction of sp³-hybridized carbons (Fsp3) is 0.273. The van der Waals surface area contributed by atoms with Gasteiger partial charge in [0.25, 0.3) is 0 Å². The van der Waals surface area contributed by atoms with Crippen molar-refractivity contribution in [2.24, 2.45) is 12.2 Å². The molecule has 0 radical (unpaired) electrons. The first kappa shape index (κ1) is 12.2. The molecule has 1 aromatic carbocycles. The maximum absolute atomic E-state index is 9.14. The summed E-state index contributed by atoms with van der Waals surface area (Å²) in [7, 11) is 3.31. The highest BCUT2D eigenvalue weighted by atomic mass is 16.5. The lowest BCUT2D eigenvalue weighted by atomic mass is 10.1. The van der Waals surface area contributed by atoms with Crippen LogP contribution in [0, 0.1) is 0 Å². The van der Waals surface area contributed by atoms with E-state index in [0.717, 1.165) is 11.1 Å². The number of methoxy groups -OCH3 is 1.